The van der Waals surface area contributed by atoms with E-state index in [1.54, 1.807) is 0 Å². The standard InChI is InChI=1S/C46H35NO2/c1-2-15-33(16-3-1)47(42-24-9-13-30-12-4-5-18-35(30)42)34-17-8-14-31(28-34)36-20-10-22-40-41-23-11-21-37(46(41)49-45(36)40)32-26-27-39-38-19-6-7-25-43(38)48-44(39)29-32/h1-6,8-24,27-29,32,36,45H,7,25-26H2. The van der Waals surface area contributed by atoms with Crippen LogP contribution in [0, 0.1) is 0 Å². The van der Waals surface area contributed by atoms with Crippen LogP contribution in [0.25, 0.3) is 34.6 Å². The fourth-order valence-electron chi connectivity index (χ4n) is 8.30. The van der Waals surface area contributed by atoms with Gasteiger partial charge in [-0.3, -0.25) is 0 Å². The number of benzene rings is 5. The maximum absolute atomic E-state index is 7.05. The molecule has 0 saturated carbocycles. The van der Waals surface area contributed by atoms with Gasteiger partial charge < -0.3 is 14.1 Å². The lowest BCUT2D eigenvalue weighted by atomic mass is 9.83. The summed E-state index contributed by atoms with van der Waals surface area (Å²) in [7, 11) is 0. The molecule has 3 unspecified atom stereocenters. The Hall–Kier alpha value is -5.80. The monoisotopic (exact) mass is 633 g/mol. The number of rotatable bonds is 5. The molecule has 3 heteroatoms. The summed E-state index contributed by atoms with van der Waals surface area (Å²) < 4.78 is 13.4. The lowest BCUT2D eigenvalue weighted by molar-refractivity contribution is 0.256. The predicted molar refractivity (Wildman–Crippen MR) is 201 cm³/mol. The SMILES string of the molecule is C1=CC(c2cccc(N(c3ccccc3)c3cccc4ccccc34)c2)C2Oc3c(cccc3C3C=c4oc5c(c4=CC3)C=CCC5)C2=C1. The van der Waals surface area contributed by atoms with Crippen LogP contribution in [0.1, 0.15) is 52.7 Å². The first-order valence-corrected chi connectivity index (χ1v) is 17.4. The zero-order valence-corrected chi connectivity index (χ0v) is 27.1. The van der Waals surface area contributed by atoms with Gasteiger partial charge in [-0.25, -0.2) is 0 Å². The first kappa shape index (κ1) is 28.2. The summed E-state index contributed by atoms with van der Waals surface area (Å²) in [6.07, 6.45) is 18.8. The van der Waals surface area contributed by atoms with Crippen molar-refractivity contribution in [3.63, 3.8) is 0 Å². The van der Waals surface area contributed by atoms with Crippen LogP contribution in [0.15, 0.2) is 144 Å². The molecule has 10 rings (SSSR count). The van der Waals surface area contributed by atoms with Crippen LogP contribution in [0.5, 0.6) is 5.75 Å². The maximum Gasteiger partial charge on any atom is 0.135 e. The number of aryl methyl sites for hydroxylation is 1. The molecular formula is C46H35NO2. The second-order valence-electron chi connectivity index (χ2n) is 13.4. The zero-order valence-electron chi connectivity index (χ0n) is 27.1. The minimum Gasteiger partial charge on any atom is -0.484 e. The van der Waals surface area contributed by atoms with Crippen molar-refractivity contribution in [2.75, 3.05) is 4.90 Å². The van der Waals surface area contributed by atoms with Crippen LogP contribution >= 0.6 is 0 Å². The Morgan fingerprint density at radius 1 is 0.776 bits per heavy atom. The first-order valence-electron chi connectivity index (χ1n) is 17.4. The number of ether oxygens (including phenoxy) is 1. The van der Waals surface area contributed by atoms with Crippen molar-refractivity contribution in [2.45, 2.75) is 37.2 Å². The van der Waals surface area contributed by atoms with Gasteiger partial charge in [0, 0.05) is 62.5 Å². The van der Waals surface area contributed by atoms with E-state index in [-0.39, 0.29) is 17.9 Å². The van der Waals surface area contributed by atoms with Gasteiger partial charge in [0.25, 0.3) is 0 Å². The molecule has 236 valence electrons. The molecule has 4 aliphatic rings. The fraction of sp³-hybridized carbons (Fsp3) is 0.130. The van der Waals surface area contributed by atoms with Gasteiger partial charge in [-0.15, -0.1) is 0 Å². The molecule has 3 aliphatic carbocycles. The third-order valence-corrected chi connectivity index (χ3v) is 10.6. The number of furan rings is 1. The number of allylic oxidation sites excluding steroid dienone is 3. The third-order valence-electron chi connectivity index (χ3n) is 10.6. The zero-order chi connectivity index (χ0) is 32.3. The van der Waals surface area contributed by atoms with Crippen molar-refractivity contribution in [1.29, 1.82) is 0 Å². The smallest absolute Gasteiger partial charge is 0.135 e. The number of hydrogen-bond donors (Lipinski definition) is 0. The van der Waals surface area contributed by atoms with E-state index in [2.05, 4.69) is 163 Å². The second-order valence-corrected chi connectivity index (χ2v) is 13.4. The van der Waals surface area contributed by atoms with Crippen molar-refractivity contribution < 1.29 is 9.15 Å². The van der Waals surface area contributed by atoms with Crippen LogP contribution in [0.2, 0.25) is 0 Å². The Kier molecular flexibility index (Phi) is 6.58. The van der Waals surface area contributed by atoms with Gasteiger partial charge in [0.2, 0.25) is 0 Å². The lowest BCUT2D eigenvalue weighted by Gasteiger charge is -2.29. The average Bonchev–Trinajstić information content (AvgIpc) is 3.74. The van der Waals surface area contributed by atoms with Crippen molar-refractivity contribution in [3.8, 4) is 5.75 Å². The van der Waals surface area contributed by atoms with Crippen LogP contribution < -0.4 is 20.3 Å². The molecule has 0 radical (unpaired) electrons. The molecule has 3 nitrogen and oxygen atoms in total. The highest BCUT2D eigenvalue weighted by atomic mass is 16.5. The minimum absolute atomic E-state index is 0.0717. The molecule has 0 amide bonds. The number of hydrogen-bond acceptors (Lipinski definition) is 3. The molecule has 0 N–H and O–H groups in total. The highest BCUT2D eigenvalue weighted by Gasteiger charge is 2.38. The second kappa shape index (κ2) is 11.4. The Morgan fingerprint density at radius 2 is 1.61 bits per heavy atom. The molecule has 5 aromatic carbocycles. The Balaban J connectivity index is 1.02. The van der Waals surface area contributed by atoms with Gasteiger partial charge in [0.05, 0.1) is 5.69 Å². The summed E-state index contributed by atoms with van der Waals surface area (Å²) in [6, 6.07) is 41.5. The van der Waals surface area contributed by atoms with Gasteiger partial charge in [0.1, 0.15) is 23.0 Å². The van der Waals surface area contributed by atoms with Crippen LogP contribution in [-0.2, 0) is 6.42 Å². The van der Waals surface area contributed by atoms with Crippen molar-refractivity contribution >= 4 is 51.6 Å². The molecule has 2 heterocycles. The van der Waals surface area contributed by atoms with Gasteiger partial charge in [-0.05, 0) is 60.2 Å². The van der Waals surface area contributed by atoms with Crippen molar-refractivity contribution in [2.24, 2.45) is 0 Å². The summed E-state index contributed by atoms with van der Waals surface area (Å²) in [5.74, 6) is 2.41. The summed E-state index contributed by atoms with van der Waals surface area (Å²) >= 11 is 0. The number of fused-ring (bicyclic) bond motifs is 7. The van der Waals surface area contributed by atoms with E-state index in [1.165, 1.54) is 43.8 Å². The molecule has 0 fully saturated rings. The molecule has 1 aromatic heterocycles. The minimum atomic E-state index is -0.0941. The van der Waals surface area contributed by atoms with Gasteiger partial charge in [0.15, 0.2) is 0 Å². The topological polar surface area (TPSA) is 25.6 Å². The van der Waals surface area contributed by atoms with E-state index in [0.29, 0.717) is 0 Å². The Morgan fingerprint density at radius 3 is 2.57 bits per heavy atom. The van der Waals surface area contributed by atoms with E-state index < -0.39 is 0 Å². The summed E-state index contributed by atoms with van der Waals surface area (Å²) in [5.41, 5.74) is 10.6. The van der Waals surface area contributed by atoms with Crippen molar-refractivity contribution in [1.82, 2.24) is 0 Å². The normalized spacial score (nSPS) is 19.8. The van der Waals surface area contributed by atoms with Crippen LogP contribution in [0.3, 0.4) is 0 Å². The number of para-hydroxylation sites is 2. The van der Waals surface area contributed by atoms with Gasteiger partial charge in [-0.2, -0.15) is 0 Å². The first-order chi connectivity index (χ1) is 24.3. The Labute approximate surface area is 286 Å². The average molecular weight is 634 g/mol. The Bertz CT molecular complexity index is 2480. The molecule has 49 heavy (non-hydrogen) atoms. The molecule has 3 atom stereocenters. The van der Waals surface area contributed by atoms with Crippen LogP contribution in [0.4, 0.5) is 17.1 Å². The van der Waals surface area contributed by atoms with Gasteiger partial charge >= 0.3 is 0 Å². The van der Waals surface area contributed by atoms with E-state index in [9.17, 15) is 0 Å². The number of nitrogens with zero attached hydrogens (tertiary/aromatic N) is 1. The molecular weight excluding hydrogens is 599 g/mol. The van der Waals surface area contributed by atoms with Crippen molar-refractivity contribution in [3.05, 3.63) is 178 Å². The quantitative estimate of drug-likeness (QED) is 0.189. The maximum atomic E-state index is 7.05. The predicted octanol–water partition coefficient (Wildman–Crippen LogP) is 10.1. The highest BCUT2D eigenvalue weighted by molar-refractivity contribution is 5.99. The molecule has 0 spiro atoms. The van der Waals surface area contributed by atoms with E-state index >= 15 is 0 Å². The highest BCUT2D eigenvalue weighted by Crippen LogP contribution is 2.50. The van der Waals surface area contributed by atoms with Gasteiger partial charge in [-0.1, -0.05) is 121 Å². The van der Waals surface area contributed by atoms with E-state index in [0.717, 1.165) is 53.2 Å². The summed E-state index contributed by atoms with van der Waals surface area (Å²) in [6.45, 7) is 0. The largest absolute Gasteiger partial charge is 0.484 e. The third kappa shape index (κ3) is 4.64. The fourth-order valence-corrected chi connectivity index (χ4v) is 8.30. The lowest BCUT2D eigenvalue weighted by Crippen LogP contribution is -2.26. The molecule has 0 saturated heterocycles. The molecule has 0 bridgehead atoms. The van der Waals surface area contributed by atoms with Crippen LogP contribution in [-0.4, -0.2) is 6.10 Å². The van der Waals surface area contributed by atoms with E-state index in [1.807, 2.05) is 0 Å². The number of anilines is 3. The summed E-state index contributed by atoms with van der Waals surface area (Å²) in [5, 5.41) is 3.70. The molecule has 1 aliphatic heterocycles. The summed E-state index contributed by atoms with van der Waals surface area (Å²) in [4.78, 5) is 2.38. The molecule has 6 aromatic rings. The van der Waals surface area contributed by atoms with E-state index in [4.69, 9.17) is 9.15 Å².